The van der Waals surface area contributed by atoms with Crippen LogP contribution in [0.3, 0.4) is 0 Å². The number of hydrogen-bond donors (Lipinski definition) is 2. The summed E-state index contributed by atoms with van der Waals surface area (Å²) in [6.45, 7) is 0.0298. The van der Waals surface area contributed by atoms with Crippen molar-refractivity contribution in [2.45, 2.75) is 6.42 Å². The van der Waals surface area contributed by atoms with Gasteiger partial charge in [-0.25, -0.2) is 4.79 Å². The summed E-state index contributed by atoms with van der Waals surface area (Å²) in [6, 6.07) is 6.25. The highest BCUT2D eigenvalue weighted by Crippen LogP contribution is 2.02. The molecule has 0 aliphatic heterocycles. The van der Waals surface area contributed by atoms with Crippen molar-refractivity contribution in [3.8, 4) is 23.7 Å². The molecule has 16 heavy (non-hydrogen) atoms. The van der Waals surface area contributed by atoms with Gasteiger partial charge in [-0.1, -0.05) is 11.8 Å². The number of carboxylic acids is 1. The van der Waals surface area contributed by atoms with E-state index < -0.39 is 5.97 Å². The molecule has 2 N–H and O–H groups in total. The van der Waals surface area contributed by atoms with Gasteiger partial charge in [0.25, 0.3) is 0 Å². The monoisotopic (exact) mass is 214 g/mol. The number of rotatable bonds is 2. The van der Waals surface area contributed by atoms with Gasteiger partial charge in [-0.15, -0.1) is 0 Å². The predicted octanol–water partition coefficient (Wildman–Crippen LogP) is 1.12. The minimum absolute atomic E-state index is 0.0298. The number of benzene rings is 1. The zero-order valence-corrected chi connectivity index (χ0v) is 8.53. The molecule has 1 aromatic rings. The number of carboxylic acid groups (broad SMARTS) is 1. The van der Waals surface area contributed by atoms with Crippen molar-refractivity contribution in [3.05, 3.63) is 35.4 Å². The Hall–Kier alpha value is -2.23. The fourth-order valence-corrected chi connectivity index (χ4v) is 0.962. The second-order valence-electron chi connectivity index (χ2n) is 2.91. The lowest BCUT2D eigenvalue weighted by Crippen LogP contribution is -1.94. The van der Waals surface area contributed by atoms with Gasteiger partial charge in [0, 0.05) is 12.0 Å². The first-order chi connectivity index (χ1) is 7.74. The molecule has 0 radical (unpaired) electrons. The Morgan fingerprint density at radius 3 is 2.44 bits per heavy atom. The van der Waals surface area contributed by atoms with Gasteiger partial charge in [0.05, 0.1) is 12.2 Å². The summed E-state index contributed by atoms with van der Waals surface area (Å²) in [4.78, 5) is 10.6. The number of aromatic carboxylic acids is 1. The van der Waals surface area contributed by atoms with Crippen LogP contribution in [0.5, 0.6) is 0 Å². The van der Waals surface area contributed by atoms with Crippen LogP contribution in [-0.2, 0) is 0 Å². The Labute approximate surface area is 93.7 Å². The third kappa shape index (κ3) is 3.88. The minimum atomic E-state index is -0.956. The third-order valence-corrected chi connectivity index (χ3v) is 1.73. The molecule has 0 amide bonds. The van der Waals surface area contributed by atoms with Crippen molar-refractivity contribution in [1.29, 1.82) is 0 Å². The summed E-state index contributed by atoms with van der Waals surface area (Å²) >= 11 is 0. The second-order valence-corrected chi connectivity index (χ2v) is 2.91. The van der Waals surface area contributed by atoms with Crippen LogP contribution in [0.15, 0.2) is 24.3 Å². The van der Waals surface area contributed by atoms with Gasteiger partial charge >= 0.3 is 5.97 Å². The first kappa shape index (κ1) is 11.8. The molecule has 80 valence electrons. The average Bonchev–Trinajstić information content (AvgIpc) is 2.29. The van der Waals surface area contributed by atoms with Crippen molar-refractivity contribution >= 4 is 5.97 Å². The van der Waals surface area contributed by atoms with E-state index in [1.54, 1.807) is 12.1 Å². The number of carbonyl (C=O) groups is 1. The maximum Gasteiger partial charge on any atom is 0.335 e. The smallest absolute Gasteiger partial charge is 0.335 e. The maximum absolute atomic E-state index is 10.6. The molecule has 1 rings (SSSR count). The Morgan fingerprint density at radius 1 is 1.19 bits per heavy atom. The molecule has 0 saturated heterocycles. The van der Waals surface area contributed by atoms with Gasteiger partial charge in [-0.2, -0.15) is 0 Å². The molecule has 0 heterocycles. The molecule has 1 aromatic carbocycles. The lowest BCUT2D eigenvalue weighted by Gasteiger charge is -1.92. The van der Waals surface area contributed by atoms with Crippen LogP contribution in [0.2, 0.25) is 0 Å². The lowest BCUT2D eigenvalue weighted by atomic mass is 10.1. The Morgan fingerprint density at radius 2 is 1.88 bits per heavy atom. The van der Waals surface area contributed by atoms with Gasteiger partial charge in [0.15, 0.2) is 0 Å². The van der Waals surface area contributed by atoms with E-state index in [0.29, 0.717) is 12.0 Å². The largest absolute Gasteiger partial charge is 0.478 e. The molecule has 0 saturated carbocycles. The average molecular weight is 214 g/mol. The lowest BCUT2D eigenvalue weighted by molar-refractivity contribution is 0.0697. The van der Waals surface area contributed by atoms with E-state index in [4.69, 9.17) is 10.2 Å². The number of aliphatic hydroxyl groups is 1. The van der Waals surface area contributed by atoms with Crippen molar-refractivity contribution in [3.63, 3.8) is 0 Å². The third-order valence-electron chi connectivity index (χ3n) is 1.73. The van der Waals surface area contributed by atoms with Crippen LogP contribution < -0.4 is 0 Å². The summed E-state index contributed by atoms with van der Waals surface area (Å²) in [5, 5.41) is 17.1. The van der Waals surface area contributed by atoms with Crippen LogP contribution >= 0.6 is 0 Å². The van der Waals surface area contributed by atoms with Gasteiger partial charge < -0.3 is 10.2 Å². The molecular weight excluding hydrogens is 204 g/mol. The van der Waals surface area contributed by atoms with E-state index in [1.807, 2.05) is 0 Å². The Balaban J connectivity index is 2.69. The van der Waals surface area contributed by atoms with E-state index in [9.17, 15) is 4.79 Å². The zero-order valence-electron chi connectivity index (χ0n) is 8.53. The molecule has 0 aliphatic rings. The summed E-state index contributed by atoms with van der Waals surface area (Å²) < 4.78 is 0. The molecule has 0 aliphatic carbocycles. The van der Waals surface area contributed by atoms with Gasteiger partial charge in [0.1, 0.15) is 0 Å². The molecule has 3 nitrogen and oxygen atoms in total. The molecule has 3 heteroatoms. The molecular formula is C13H10O3. The van der Waals surface area contributed by atoms with Gasteiger partial charge in [0.2, 0.25) is 0 Å². The fraction of sp³-hybridized carbons (Fsp3) is 0.154. The predicted molar refractivity (Wildman–Crippen MR) is 59.8 cm³/mol. The second kappa shape index (κ2) is 6.29. The van der Waals surface area contributed by atoms with E-state index >= 15 is 0 Å². The van der Waals surface area contributed by atoms with Crippen molar-refractivity contribution in [1.82, 2.24) is 0 Å². The highest BCUT2D eigenvalue weighted by Gasteiger charge is 1.99. The highest BCUT2D eigenvalue weighted by atomic mass is 16.4. The van der Waals surface area contributed by atoms with Crippen LogP contribution in [0, 0.1) is 23.7 Å². The summed E-state index contributed by atoms with van der Waals surface area (Å²) in [6.07, 6.45) is 0.409. The van der Waals surface area contributed by atoms with Crippen LogP contribution in [0.4, 0.5) is 0 Å². The standard InChI is InChI=1S/C13H10O3/c14-10-4-2-1-3-5-11-6-8-12(9-7-11)13(15)16/h6-9,14H,4,10H2,(H,15,16). The van der Waals surface area contributed by atoms with Gasteiger partial charge in [-0.3, -0.25) is 0 Å². The number of hydrogen-bond acceptors (Lipinski definition) is 2. The molecule has 0 aromatic heterocycles. The quantitative estimate of drug-likeness (QED) is 0.725. The van der Waals surface area contributed by atoms with Crippen LogP contribution in [0.1, 0.15) is 22.3 Å². The van der Waals surface area contributed by atoms with Crippen LogP contribution in [0.25, 0.3) is 0 Å². The first-order valence-corrected chi connectivity index (χ1v) is 4.67. The summed E-state index contributed by atoms with van der Waals surface area (Å²) in [7, 11) is 0. The van der Waals surface area contributed by atoms with Crippen molar-refractivity contribution < 1.29 is 15.0 Å². The van der Waals surface area contributed by atoms with Gasteiger partial charge in [-0.05, 0) is 36.1 Å². The first-order valence-electron chi connectivity index (χ1n) is 4.67. The van der Waals surface area contributed by atoms with E-state index in [-0.39, 0.29) is 12.2 Å². The SMILES string of the molecule is O=C(O)c1ccc(C#CC#CCCO)cc1. The molecule has 0 atom stereocenters. The van der Waals surface area contributed by atoms with E-state index in [0.717, 1.165) is 0 Å². The number of aliphatic hydroxyl groups excluding tert-OH is 1. The highest BCUT2D eigenvalue weighted by molar-refractivity contribution is 5.87. The fourth-order valence-electron chi connectivity index (χ4n) is 0.962. The topological polar surface area (TPSA) is 57.5 Å². The van der Waals surface area contributed by atoms with Crippen molar-refractivity contribution in [2.75, 3.05) is 6.61 Å². The molecule has 0 fully saturated rings. The molecule has 0 spiro atoms. The molecule has 0 unspecified atom stereocenters. The van der Waals surface area contributed by atoms with E-state index in [1.165, 1.54) is 12.1 Å². The summed E-state index contributed by atoms with van der Waals surface area (Å²) in [5.74, 6) is 9.68. The zero-order chi connectivity index (χ0) is 11.8. The summed E-state index contributed by atoms with van der Waals surface area (Å²) in [5.41, 5.74) is 0.945. The Kier molecular flexibility index (Phi) is 4.66. The normalized spacial score (nSPS) is 8.31. The molecule has 0 bridgehead atoms. The maximum atomic E-state index is 10.6. The minimum Gasteiger partial charge on any atom is -0.478 e. The van der Waals surface area contributed by atoms with Crippen molar-refractivity contribution in [2.24, 2.45) is 0 Å². The van der Waals surface area contributed by atoms with Crippen LogP contribution in [-0.4, -0.2) is 22.8 Å². The Bertz CT molecular complexity index is 478. The van der Waals surface area contributed by atoms with E-state index in [2.05, 4.69) is 23.7 Å².